The molecule has 2 aliphatic rings. The number of hydrogen-bond donors (Lipinski definition) is 0. The molecule has 6 aromatic carbocycles. The number of benzene rings is 6. The van der Waals surface area contributed by atoms with E-state index in [9.17, 15) is 0 Å². The molecule has 1 aliphatic heterocycles. The van der Waals surface area contributed by atoms with E-state index in [0.29, 0.717) is 0 Å². The molecule has 8 rings (SSSR count). The molecule has 0 unspecified atom stereocenters. The van der Waals surface area contributed by atoms with Crippen LogP contribution in [-0.2, 0) is 5.41 Å². The molecule has 0 N–H and O–H groups in total. The molecule has 0 bridgehead atoms. The number of nitrogens with zero attached hydrogens (tertiary/aromatic N) is 2. The first-order valence-corrected chi connectivity index (χ1v) is 15.7. The van der Waals surface area contributed by atoms with Crippen LogP contribution >= 0.6 is 0 Å². The zero-order valence-corrected chi connectivity index (χ0v) is 25.3. The Morgan fingerprint density at radius 3 is 1.58 bits per heavy atom. The highest BCUT2D eigenvalue weighted by molar-refractivity contribution is 5.95. The summed E-state index contributed by atoms with van der Waals surface area (Å²) < 4.78 is 0. The monoisotopic (exact) mass is 578 g/mol. The lowest BCUT2D eigenvalue weighted by Crippen LogP contribution is -2.36. The molecule has 0 atom stereocenters. The van der Waals surface area contributed by atoms with Crippen LogP contribution in [0.1, 0.15) is 29.2 Å². The van der Waals surface area contributed by atoms with Crippen molar-refractivity contribution in [2.24, 2.45) is 0 Å². The molecule has 0 amide bonds. The minimum atomic E-state index is -0.389. The number of anilines is 5. The summed E-state index contributed by atoms with van der Waals surface area (Å²) in [4.78, 5) is 4.80. The third-order valence-corrected chi connectivity index (χ3v) is 9.27. The predicted molar refractivity (Wildman–Crippen MR) is 189 cm³/mol. The average molecular weight is 579 g/mol. The predicted octanol–water partition coefficient (Wildman–Crippen LogP) is 11.1. The highest BCUT2D eigenvalue weighted by atomic mass is 15.2. The van der Waals surface area contributed by atoms with Crippen LogP contribution in [0.3, 0.4) is 0 Å². The number of allylic oxidation sites excluding steroid dienone is 3. The van der Waals surface area contributed by atoms with Gasteiger partial charge in [-0.1, -0.05) is 127 Å². The van der Waals surface area contributed by atoms with E-state index in [-0.39, 0.29) is 5.41 Å². The van der Waals surface area contributed by atoms with Gasteiger partial charge in [0.2, 0.25) is 0 Å². The van der Waals surface area contributed by atoms with Crippen molar-refractivity contribution in [1.82, 2.24) is 0 Å². The van der Waals surface area contributed by atoms with Gasteiger partial charge in [-0.15, -0.1) is 0 Å². The molecular formula is C43H34N2. The molecule has 45 heavy (non-hydrogen) atoms. The van der Waals surface area contributed by atoms with Crippen molar-refractivity contribution in [2.45, 2.75) is 12.3 Å². The Morgan fingerprint density at radius 2 is 1.00 bits per heavy atom. The Kier molecular flexibility index (Phi) is 6.69. The molecule has 2 nitrogen and oxygen atoms in total. The smallest absolute Gasteiger partial charge is 0.0754 e. The van der Waals surface area contributed by atoms with Crippen molar-refractivity contribution >= 4 is 28.4 Å². The fourth-order valence-electron chi connectivity index (χ4n) is 7.45. The average Bonchev–Trinajstić information content (AvgIpc) is 3.40. The van der Waals surface area contributed by atoms with Gasteiger partial charge in [-0.25, -0.2) is 0 Å². The molecule has 1 aliphatic carbocycles. The van der Waals surface area contributed by atoms with Gasteiger partial charge in [0, 0.05) is 23.6 Å². The molecule has 1 heterocycles. The van der Waals surface area contributed by atoms with Gasteiger partial charge in [0.05, 0.1) is 16.8 Å². The topological polar surface area (TPSA) is 6.48 Å². The number of para-hydroxylation sites is 3. The molecule has 0 radical (unpaired) electrons. The van der Waals surface area contributed by atoms with E-state index in [1.807, 2.05) is 6.92 Å². The van der Waals surface area contributed by atoms with Crippen molar-refractivity contribution in [2.75, 3.05) is 16.3 Å². The lowest BCUT2D eigenvalue weighted by molar-refractivity contribution is 0.752. The Labute approximate surface area is 265 Å². The summed E-state index contributed by atoms with van der Waals surface area (Å²) in [6, 6.07) is 55.5. The van der Waals surface area contributed by atoms with E-state index < -0.39 is 0 Å². The SMILES string of the molecule is C/C=C\C=C/CN(c1ccccc1)c1ccc(N2c3ccccc3C3(c4ccccc4-c4ccccc43)c3ccccc32)cc1. The van der Waals surface area contributed by atoms with Gasteiger partial charge in [0.15, 0.2) is 0 Å². The Hall–Kier alpha value is -5.60. The molecule has 0 aromatic heterocycles. The summed E-state index contributed by atoms with van der Waals surface area (Å²) in [5, 5.41) is 0. The van der Waals surface area contributed by atoms with Crippen LogP contribution in [0.5, 0.6) is 0 Å². The molecule has 1 spiro atoms. The second kappa shape index (κ2) is 11.2. The molecule has 0 saturated carbocycles. The van der Waals surface area contributed by atoms with Crippen LogP contribution in [0.15, 0.2) is 176 Å². The van der Waals surface area contributed by atoms with Crippen LogP contribution < -0.4 is 9.80 Å². The maximum atomic E-state index is 2.45. The van der Waals surface area contributed by atoms with Crippen LogP contribution in [-0.4, -0.2) is 6.54 Å². The van der Waals surface area contributed by atoms with Gasteiger partial charge in [-0.3, -0.25) is 0 Å². The summed E-state index contributed by atoms with van der Waals surface area (Å²) in [5.74, 6) is 0. The van der Waals surface area contributed by atoms with Crippen LogP contribution in [0, 0.1) is 0 Å². The molecule has 2 heteroatoms. The van der Waals surface area contributed by atoms with Crippen molar-refractivity contribution < 1.29 is 0 Å². The van der Waals surface area contributed by atoms with Crippen LogP contribution in [0.25, 0.3) is 11.1 Å². The molecule has 216 valence electrons. The van der Waals surface area contributed by atoms with E-state index >= 15 is 0 Å². The summed E-state index contributed by atoms with van der Waals surface area (Å²) >= 11 is 0. The minimum Gasteiger partial charge on any atom is -0.338 e. The second-order valence-corrected chi connectivity index (χ2v) is 11.6. The number of rotatable bonds is 6. The first kappa shape index (κ1) is 27.0. The molecular weight excluding hydrogens is 544 g/mol. The Bertz CT molecular complexity index is 1960. The lowest BCUT2D eigenvalue weighted by atomic mass is 9.64. The van der Waals surface area contributed by atoms with Gasteiger partial charge in [-0.2, -0.15) is 0 Å². The summed E-state index contributed by atoms with van der Waals surface area (Å²) in [6.07, 6.45) is 8.45. The van der Waals surface area contributed by atoms with E-state index in [2.05, 4.69) is 186 Å². The summed E-state index contributed by atoms with van der Waals surface area (Å²) in [7, 11) is 0. The van der Waals surface area contributed by atoms with E-state index in [0.717, 1.165) is 17.9 Å². The third kappa shape index (κ3) is 4.17. The number of fused-ring (bicyclic) bond motifs is 9. The Balaban J connectivity index is 1.29. The highest BCUT2D eigenvalue weighted by Crippen LogP contribution is 2.63. The van der Waals surface area contributed by atoms with Gasteiger partial charge in [-0.05, 0) is 88.8 Å². The maximum absolute atomic E-state index is 2.45. The van der Waals surface area contributed by atoms with Crippen molar-refractivity contribution in [3.05, 3.63) is 198 Å². The highest BCUT2D eigenvalue weighted by Gasteiger charge is 2.51. The first-order chi connectivity index (χ1) is 22.3. The fraction of sp³-hybridized carbons (Fsp3) is 0.0698. The molecule has 0 saturated heterocycles. The van der Waals surface area contributed by atoms with E-state index in [1.54, 1.807) is 0 Å². The van der Waals surface area contributed by atoms with Crippen LogP contribution in [0.4, 0.5) is 28.4 Å². The first-order valence-electron chi connectivity index (χ1n) is 15.7. The minimum absolute atomic E-state index is 0.389. The van der Waals surface area contributed by atoms with Gasteiger partial charge < -0.3 is 9.80 Å². The van der Waals surface area contributed by atoms with E-state index in [1.165, 1.54) is 50.4 Å². The third-order valence-electron chi connectivity index (χ3n) is 9.27. The van der Waals surface area contributed by atoms with Crippen molar-refractivity contribution in [3.8, 4) is 11.1 Å². The van der Waals surface area contributed by atoms with Crippen molar-refractivity contribution in [1.29, 1.82) is 0 Å². The van der Waals surface area contributed by atoms with Crippen LogP contribution in [0.2, 0.25) is 0 Å². The van der Waals surface area contributed by atoms with E-state index in [4.69, 9.17) is 0 Å². The fourth-order valence-corrected chi connectivity index (χ4v) is 7.45. The quantitative estimate of drug-likeness (QED) is 0.181. The normalized spacial score (nSPS) is 13.9. The van der Waals surface area contributed by atoms with Gasteiger partial charge >= 0.3 is 0 Å². The maximum Gasteiger partial charge on any atom is 0.0754 e. The van der Waals surface area contributed by atoms with Crippen molar-refractivity contribution in [3.63, 3.8) is 0 Å². The molecule has 6 aromatic rings. The lowest BCUT2D eigenvalue weighted by Gasteiger charge is -2.45. The summed E-state index contributed by atoms with van der Waals surface area (Å²) in [6.45, 7) is 2.82. The summed E-state index contributed by atoms with van der Waals surface area (Å²) in [5.41, 5.74) is 13.5. The van der Waals surface area contributed by atoms with Gasteiger partial charge in [0.25, 0.3) is 0 Å². The van der Waals surface area contributed by atoms with Gasteiger partial charge in [0.1, 0.15) is 0 Å². The molecule has 0 fully saturated rings. The Morgan fingerprint density at radius 1 is 0.511 bits per heavy atom. The number of hydrogen-bond acceptors (Lipinski definition) is 2. The largest absolute Gasteiger partial charge is 0.338 e. The standard InChI is InChI=1S/C43H34N2/c1-2-3-4-16-31-44(32-17-6-5-7-18-32)33-27-29-34(30-28-33)45-41-25-14-12-23-39(41)43(40-24-13-15-26-42(40)45)37-21-10-8-19-35(37)36-20-9-11-22-38(36)43/h2-30H,31H2,1H3/b3-2-,16-4-. The second-order valence-electron chi connectivity index (χ2n) is 11.6. The zero-order valence-electron chi connectivity index (χ0n) is 25.3. The zero-order chi connectivity index (χ0) is 30.2.